The molecule has 0 atom stereocenters. The minimum Gasteiger partial charge on any atom is -0.427 e. The number of ether oxygens (including phenoxy) is 1. The average molecular weight is 356 g/mol. The number of rotatable bonds is 3. The van der Waals surface area contributed by atoms with Crippen LogP contribution in [-0.4, -0.2) is 53.8 Å². The Kier molecular flexibility index (Phi) is 5.71. The van der Waals surface area contributed by atoms with Gasteiger partial charge in [-0.2, -0.15) is 0 Å². The standard InChI is InChI=1S/C20H24N2O4/c1-15(23)26-18-8-4-7-17(14-18)20(25)22-11-9-21(10-12-22)19(24)13-16-5-2-3-6-16/h4,7-8,13-14H,2-3,5-6,9-12H2,1H3. The number of hydrogen-bond donors (Lipinski definition) is 0. The van der Waals surface area contributed by atoms with Gasteiger partial charge in [0, 0.05) is 44.7 Å². The van der Waals surface area contributed by atoms with Gasteiger partial charge < -0.3 is 14.5 Å². The lowest BCUT2D eigenvalue weighted by Gasteiger charge is -2.34. The van der Waals surface area contributed by atoms with E-state index >= 15 is 0 Å². The molecular formula is C20H24N2O4. The normalized spacial score (nSPS) is 17.2. The molecule has 0 spiro atoms. The topological polar surface area (TPSA) is 66.9 Å². The Morgan fingerprint density at radius 2 is 1.65 bits per heavy atom. The summed E-state index contributed by atoms with van der Waals surface area (Å²) in [6.07, 6.45) is 6.19. The zero-order valence-electron chi connectivity index (χ0n) is 15.1. The van der Waals surface area contributed by atoms with Gasteiger partial charge in [0.25, 0.3) is 5.91 Å². The third-order valence-electron chi connectivity index (χ3n) is 4.79. The predicted molar refractivity (Wildman–Crippen MR) is 96.8 cm³/mol. The van der Waals surface area contributed by atoms with Crippen LogP contribution in [0.25, 0.3) is 0 Å². The van der Waals surface area contributed by atoms with Gasteiger partial charge in [-0.15, -0.1) is 0 Å². The molecule has 0 unspecified atom stereocenters. The number of piperazine rings is 1. The van der Waals surface area contributed by atoms with Crippen LogP contribution in [-0.2, 0) is 9.59 Å². The number of hydrogen-bond acceptors (Lipinski definition) is 4. The van der Waals surface area contributed by atoms with Crippen LogP contribution >= 0.6 is 0 Å². The van der Waals surface area contributed by atoms with Crippen molar-refractivity contribution < 1.29 is 19.1 Å². The minimum atomic E-state index is -0.418. The van der Waals surface area contributed by atoms with Crippen LogP contribution < -0.4 is 4.74 Å². The number of carbonyl (C=O) groups is 3. The summed E-state index contributed by atoms with van der Waals surface area (Å²) < 4.78 is 5.04. The highest BCUT2D eigenvalue weighted by molar-refractivity contribution is 5.95. The number of carbonyl (C=O) groups excluding carboxylic acids is 3. The van der Waals surface area contributed by atoms with Gasteiger partial charge in [-0.25, -0.2) is 0 Å². The Balaban J connectivity index is 1.57. The molecule has 1 aliphatic carbocycles. The molecule has 1 saturated heterocycles. The number of allylic oxidation sites excluding steroid dienone is 1. The van der Waals surface area contributed by atoms with Gasteiger partial charge >= 0.3 is 5.97 Å². The number of esters is 1. The summed E-state index contributed by atoms with van der Waals surface area (Å²) in [5.74, 6) is -0.107. The Labute approximate surface area is 153 Å². The Morgan fingerprint density at radius 1 is 1.00 bits per heavy atom. The second kappa shape index (κ2) is 8.17. The summed E-state index contributed by atoms with van der Waals surface area (Å²) >= 11 is 0. The van der Waals surface area contributed by atoms with Crippen molar-refractivity contribution in [2.24, 2.45) is 0 Å². The lowest BCUT2D eigenvalue weighted by molar-refractivity contribution is -0.132. The quantitative estimate of drug-likeness (QED) is 0.474. The smallest absolute Gasteiger partial charge is 0.308 e. The first-order chi connectivity index (χ1) is 12.5. The van der Waals surface area contributed by atoms with E-state index in [0.29, 0.717) is 37.5 Å². The van der Waals surface area contributed by atoms with Gasteiger partial charge in [0.15, 0.2) is 0 Å². The molecule has 2 amide bonds. The van der Waals surface area contributed by atoms with E-state index in [1.165, 1.54) is 25.3 Å². The van der Waals surface area contributed by atoms with Crippen LogP contribution in [0.1, 0.15) is 43.0 Å². The molecule has 0 bridgehead atoms. The summed E-state index contributed by atoms with van der Waals surface area (Å²) in [7, 11) is 0. The minimum absolute atomic E-state index is 0.0610. The van der Waals surface area contributed by atoms with Crippen LogP contribution in [0.3, 0.4) is 0 Å². The van der Waals surface area contributed by atoms with E-state index in [1.54, 1.807) is 35.2 Å². The van der Waals surface area contributed by atoms with Crippen LogP contribution in [0, 0.1) is 0 Å². The molecule has 6 nitrogen and oxygen atoms in total. The lowest BCUT2D eigenvalue weighted by atomic mass is 10.1. The molecule has 0 radical (unpaired) electrons. The van der Waals surface area contributed by atoms with Crippen molar-refractivity contribution in [2.75, 3.05) is 26.2 Å². The van der Waals surface area contributed by atoms with Gasteiger partial charge in [-0.05, 0) is 43.9 Å². The summed E-state index contributed by atoms with van der Waals surface area (Å²) in [6.45, 7) is 3.42. The summed E-state index contributed by atoms with van der Waals surface area (Å²) in [5, 5.41) is 0. The molecule has 1 aliphatic heterocycles. The molecule has 0 N–H and O–H groups in total. The van der Waals surface area contributed by atoms with Crippen molar-refractivity contribution in [3.05, 3.63) is 41.5 Å². The first kappa shape index (κ1) is 18.2. The highest BCUT2D eigenvalue weighted by atomic mass is 16.5. The first-order valence-corrected chi connectivity index (χ1v) is 9.09. The highest BCUT2D eigenvalue weighted by Crippen LogP contribution is 2.24. The van der Waals surface area contributed by atoms with Gasteiger partial charge in [0.1, 0.15) is 5.75 Å². The molecule has 1 aromatic rings. The van der Waals surface area contributed by atoms with E-state index in [1.807, 2.05) is 4.90 Å². The third kappa shape index (κ3) is 4.50. The van der Waals surface area contributed by atoms with Crippen molar-refractivity contribution >= 4 is 17.8 Å². The van der Waals surface area contributed by atoms with Crippen molar-refractivity contribution in [3.63, 3.8) is 0 Å². The van der Waals surface area contributed by atoms with Gasteiger partial charge in [-0.3, -0.25) is 14.4 Å². The fraction of sp³-hybridized carbons (Fsp3) is 0.450. The Hall–Kier alpha value is -2.63. The molecular weight excluding hydrogens is 332 g/mol. The van der Waals surface area contributed by atoms with Crippen LogP contribution in [0.15, 0.2) is 35.9 Å². The maximum absolute atomic E-state index is 12.7. The second-order valence-corrected chi connectivity index (χ2v) is 6.75. The fourth-order valence-corrected chi connectivity index (χ4v) is 3.41. The first-order valence-electron chi connectivity index (χ1n) is 9.09. The zero-order valence-corrected chi connectivity index (χ0v) is 15.1. The highest BCUT2D eigenvalue weighted by Gasteiger charge is 2.24. The molecule has 1 aromatic carbocycles. The maximum Gasteiger partial charge on any atom is 0.308 e. The number of nitrogens with zero attached hydrogens (tertiary/aromatic N) is 2. The van der Waals surface area contributed by atoms with Crippen molar-refractivity contribution in [3.8, 4) is 5.75 Å². The fourth-order valence-electron chi connectivity index (χ4n) is 3.41. The monoisotopic (exact) mass is 356 g/mol. The molecule has 0 aromatic heterocycles. The van der Waals surface area contributed by atoms with E-state index in [-0.39, 0.29) is 11.8 Å². The Morgan fingerprint density at radius 3 is 2.31 bits per heavy atom. The van der Waals surface area contributed by atoms with Gasteiger partial charge in [0.05, 0.1) is 0 Å². The van der Waals surface area contributed by atoms with E-state index < -0.39 is 5.97 Å². The molecule has 6 heteroatoms. The van der Waals surface area contributed by atoms with Gasteiger partial charge in [0.2, 0.25) is 5.91 Å². The number of benzene rings is 1. The predicted octanol–water partition coefficient (Wildman–Crippen LogP) is 2.40. The van der Waals surface area contributed by atoms with E-state index in [9.17, 15) is 14.4 Å². The maximum atomic E-state index is 12.7. The van der Waals surface area contributed by atoms with Crippen LogP contribution in [0.4, 0.5) is 0 Å². The number of amides is 2. The molecule has 1 heterocycles. The average Bonchev–Trinajstić information content (AvgIpc) is 3.14. The van der Waals surface area contributed by atoms with Crippen molar-refractivity contribution in [2.45, 2.75) is 32.6 Å². The van der Waals surface area contributed by atoms with E-state index in [2.05, 4.69) is 0 Å². The zero-order chi connectivity index (χ0) is 18.5. The van der Waals surface area contributed by atoms with Crippen molar-refractivity contribution in [1.82, 2.24) is 9.80 Å². The summed E-state index contributed by atoms with van der Waals surface area (Å²) in [5.41, 5.74) is 1.73. The lowest BCUT2D eigenvalue weighted by Crippen LogP contribution is -2.50. The van der Waals surface area contributed by atoms with E-state index in [0.717, 1.165) is 12.8 Å². The second-order valence-electron chi connectivity index (χ2n) is 6.75. The molecule has 138 valence electrons. The third-order valence-corrected chi connectivity index (χ3v) is 4.79. The molecule has 26 heavy (non-hydrogen) atoms. The summed E-state index contributed by atoms with van der Waals surface area (Å²) in [4.78, 5) is 39.6. The van der Waals surface area contributed by atoms with Crippen LogP contribution in [0.5, 0.6) is 5.75 Å². The van der Waals surface area contributed by atoms with Crippen molar-refractivity contribution in [1.29, 1.82) is 0 Å². The molecule has 1 saturated carbocycles. The van der Waals surface area contributed by atoms with Gasteiger partial charge in [-0.1, -0.05) is 11.6 Å². The molecule has 3 rings (SSSR count). The Bertz CT molecular complexity index is 725. The SMILES string of the molecule is CC(=O)Oc1cccc(C(=O)N2CCN(C(=O)C=C3CCCC3)CC2)c1. The van der Waals surface area contributed by atoms with Crippen LogP contribution in [0.2, 0.25) is 0 Å². The molecule has 2 aliphatic rings. The van der Waals surface area contributed by atoms with E-state index in [4.69, 9.17) is 4.74 Å². The largest absolute Gasteiger partial charge is 0.427 e. The molecule has 2 fully saturated rings. The summed E-state index contributed by atoms with van der Waals surface area (Å²) in [6, 6.07) is 6.62.